The number of carbonyl (C=O) groups excluding carboxylic acids is 2. The van der Waals surface area contributed by atoms with Gasteiger partial charge < -0.3 is 14.8 Å². The molecule has 0 aliphatic carbocycles. The first-order valence-electron chi connectivity index (χ1n) is 8.59. The molecule has 25 heavy (non-hydrogen) atoms. The van der Waals surface area contributed by atoms with Gasteiger partial charge in [0.15, 0.2) is 5.56 Å². The van der Waals surface area contributed by atoms with Gasteiger partial charge in [0.25, 0.3) is 0 Å². The van der Waals surface area contributed by atoms with E-state index in [-0.39, 0.29) is 0 Å². The Labute approximate surface area is 155 Å². The first kappa shape index (κ1) is 21.3. The molecule has 1 unspecified atom stereocenters. The summed E-state index contributed by atoms with van der Waals surface area (Å²) in [6, 6.07) is 8.53. The molecule has 0 saturated heterocycles. The van der Waals surface area contributed by atoms with E-state index in [1.165, 1.54) is 0 Å². The summed E-state index contributed by atoms with van der Waals surface area (Å²) in [5.74, 6) is -0.564. The summed E-state index contributed by atoms with van der Waals surface area (Å²) < 4.78 is 10.5. The number of carbonyl (C=O) groups is 2. The van der Waals surface area contributed by atoms with Crippen molar-refractivity contribution in [2.24, 2.45) is 0 Å². The number of hydrogen-bond donors (Lipinski definition) is 1. The van der Waals surface area contributed by atoms with Crippen LogP contribution in [0.25, 0.3) is 0 Å². The van der Waals surface area contributed by atoms with Crippen LogP contribution in [0.4, 0.5) is 4.79 Å². The number of alkyl halides is 1. The van der Waals surface area contributed by atoms with E-state index in [4.69, 9.17) is 21.1 Å². The quantitative estimate of drug-likeness (QED) is 0.544. The van der Waals surface area contributed by atoms with E-state index in [0.29, 0.717) is 12.8 Å². The van der Waals surface area contributed by atoms with Crippen molar-refractivity contribution in [2.75, 3.05) is 0 Å². The molecule has 6 heteroatoms. The van der Waals surface area contributed by atoms with Crippen molar-refractivity contribution < 1.29 is 19.1 Å². The Balaban J connectivity index is 2.76. The molecule has 1 aromatic carbocycles. The minimum absolute atomic E-state index is 0.302. The van der Waals surface area contributed by atoms with Crippen LogP contribution in [-0.2, 0) is 20.7 Å². The van der Waals surface area contributed by atoms with Crippen LogP contribution in [0.3, 0.4) is 0 Å². The van der Waals surface area contributed by atoms with Crippen molar-refractivity contribution in [1.29, 1.82) is 0 Å². The second-order valence-electron chi connectivity index (χ2n) is 6.88. The molecule has 0 spiro atoms. The number of amides is 1. The van der Waals surface area contributed by atoms with E-state index in [1.807, 2.05) is 37.3 Å². The zero-order valence-corrected chi connectivity index (χ0v) is 16.1. The van der Waals surface area contributed by atoms with E-state index in [9.17, 15) is 9.59 Å². The summed E-state index contributed by atoms with van der Waals surface area (Å²) in [5.41, 5.74) is -0.451. The van der Waals surface area contributed by atoms with Crippen molar-refractivity contribution >= 4 is 23.7 Å². The highest BCUT2D eigenvalue weighted by Gasteiger charge is 2.27. The lowest BCUT2D eigenvalue weighted by molar-refractivity contribution is -0.148. The number of esters is 1. The molecule has 0 aromatic heterocycles. The number of unbranched alkanes of at least 4 members (excludes halogenated alkanes) is 1. The summed E-state index contributed by atoms with van der Waals surface area (Å²) in [6.45, 7) is 7.32. The van der Waals surface area contributed by atoms with Crippen LogP contribution in [0.2, 0.25) is 0 Å². The summed E-state index contributed by atoms with van der Waals surface area (Å²) in [5, 5.41) is 2.59. The monoisotopic (exact) mass is 369 g/mol. The van der Waals surface area contributed by atoms with Crippen molar-refractivity contribution in [3.8, 4) is 0 Å². The van der Waals surface area contributed by atoms with Gasteiger partial charge in [-0.25, -0.2) is 9.59 Å². The lowest BCUT2D eigenvalue weighted by atomic mass is 10.1. The maximum absolute atomic E-state index is 12.4. The van der Waals surface area contributed by atoms with Gasteiger partial charge in [-0.05, 0) is 39.2 Å². The molecule has 5 nitrogen and oxygen atoms in total. The van der Waals surface area contributed by atoms with Crippen molar-refractivity contribution in [3.05, 3.63) is 35.9 Å². The Bertz CT molecular complexity index is 542. The molecule has 140 valence electrons. The molecule has 2 atom stereocenters. The van der Waals surface area contributed by atoms with Gasteiger partial charge in [0, 0.05) is 6.42 Å². The van der Waals surface area contributed by atoms with Gasteiger partial charge in [-0.2, -0.15) is 0 Å². The molecule has 0 fully saturated rings. The SMILES string of the molecule is CCCCC(Cl)OC(=O)[C@H](Cc1ccccc1)NC(=O)OC(C)(C)C. The Morgan fingerprint density at radius 3 is 2.40 bits per heavy atom. The van der Waals surface area contributed by atoms with Crippen molar-refractivity contribution in [2.45, 2.75) is 70.6 Å². The molecule has 1 amide bonds. The summed E-state index contributed by atoms with van der Waals surface area (Å²) >= 11 is 6.06. The predicted octanol–water partition coefficient (Wildman–Crippen LogP) is 4.42. The fourth-order valence-corrected chi connectivity index (χ4v) is 2.37. The first-order valence-corrected chi connectivity index (χ1v) is 9.03. The second-order valence-corrected chi connectivity index (χ2v) is 7.36. The van der Waals surface area contributed by atoms with Crippen molar-refractivity contribution in [1.82, 2.24) is 5.32 Å². The fraction of sp³-hybridized carbons (Fsp3) is 0.579. The van der Waals surface area contributed by atoms with Crippen LogP contribution in [0.5, 0.6) is 0 Å². The zero-order chi connectivity index (χ0) is 18.9. The van der Waals surface area contributed by atoms with Crippen LogP contribution in [-0.4, -0.2) is 29.3 Å². The topological polar surface area (TPSA) is 64.6 Å². The van der Waals surface area contributed by atoms with Gasteiger partial charge in [0.2, 0.25) is 0 Å². The highest BCUT2D eigenvalue weighted by molar-refractivity contribution is 6.20. The molecule has 1 N–H and O–H groups in total. The number of nitrogens with one attached hydrogen (secondary N) is 1. The highest BCUT2D eigenvalue weighted by atomic mass is 35.5. The number of rotatable bonds is 8. The highest BCUT2D eigenvalue weighted by Crippen LogP contribution is 2.13. The summed E-state index contributed by atoms with van der Waals surface area (Å²) in [7, 11) is 0. The predicted molar refractivity (Wildman–Crippen MR) is 98.6 cm³/mol. The van der Waals surface area contributed by atoms with E-state index in [0.717, 1.165) is 18.4 Å². The van der Waals surface area contributed by atoms with Crippen LogP contribution in [0.1, 0.15) is 52.5 Å². The molecular weight excluding hydrogens is 342 g/mol. The Morgan fingerprint density at radius 1 is 1.20 bits per heavy atom. The molecule has 0 heterocycles. The Kier molecular flexibility index (Phi) is 8.76. The molecule has 0 saturated carbocycles. The van der Waals surface area contributed by atoms with Gasteiger partial charge in [-0.1, -0.05) is 55.3 Å². The van der Waals surface area contributed by atoms with Crippen LogP contribution in [0, 0.1) is 0 Å². The van der Waals surface area contributed by atoms with E-state index in [2.05, 4.69) is 5.32 Å². The smallest absolute Gasteiger partial charge is 0.408 e. The standard InChI is InChI=1S/C19H28ClNO4/c1-5-6-12-16(20)24-17(22)15(13-14-10-8-7-9-11-14)21-18(23)25-19(2,3)4/h7-11,15-16H,5-6,12-13H2,1-4H3,(H,21,23)/t15-,16?/m0/s1. The third-order valence-corrected chi connectivity index (χ3v) is 3.59. The average molecular weight is 370 g/mol. The van der Waals surface area contributed by atoms with Gasteiger partial charge in [0.05, 0.1) is 0 Å². The molecule has 0 aliphatic rings. The Morgan fingerprint density at radius 2 is 1.84 bits per heavy atom. The molecule has 1 rings (SSSR count). The van der Waals surface area contributed by atoms with E-state index < -0.39 is 29.3 Å². The summed E-state index contributed by atoms with van der Waals surface area (Å²) in [4.78, 5) is 24.5. The van der Waals surface area contributed by atoms with Crippen molar-refractivity contribution in [3.63, 3.8) is 0 Å². The number of ether oxygens (including phenoxy) is 2. The number of halogens is 1. The molecule has 1 aromatic rings. The maximum atomic E-state index is 12.4. The zero-order valence-electron chi connectivity index (χ0n) is 15.4. The first-order chi connectivity index (χ1) is 11.7. The Hall–Kier alpha value is -1.75. The van der Waals surface area contributed by atoms with E-state index >= 15 is 0 Å². The van der Waals surface area contributed by atoms with Crippen LogP contribution >= 0.6 is 11.6 Å². The van der Waals surface area contributed by atoms with Crippen LogP contribution < -0.4 is 5.32 Å². The van der Waals surface area contributed by atoms with Gasteiger partial charge in [-0.15, -0.1) is 0 Å². The second kappa shape index (κ2) is 10.3. The van der Waals surface area contributed by atoms with Crippen LogP contribution in [0.15, 0.2) is 30.3 Å². The van der Waals surface area contributed by atoms with E-state index in [1.54, 1.807) is 20.8 Å². The number of benzene rings is 1. The lowest BCUT2D eigenvalue weighted by Crippen LogP contribution is -2.46. The minimum Gasteiger partial charge on any atom is -0.444 e. The normalized spacial score (nSPS) is 13.6. The fourth-order valence-electron chi connectivity index (χ4n) is 2.12. The molecule has 0 radical (unpaired) electrons. The third-order valence-electron chi connectivity index (χ3n) is 3.29. The average Bonchev–Trinajstić information content (AvgIpc) is 2.51. The molecule has 0 bridgehead atoms. The largest absolute Gasteiger partial charge is 0.444 e. The van der Waals surface area contributed by atoms with Gasteiger partial charge >= 0.3 is 12.1 Å². The maximum Gasteiger partial charge on any atom is 0.408 e. The van der Waals surface area contributed by atoms with Gasteiger partial charge in [-0.3, -0.25) is 0 Å². The minimum atomic E-state index is -0.861. The number of alkyl carbamates (subject to hydrolysis) is 1. The van der Waals surface area contributed by atoms with Gasteiger partial charge in [0.1, 0.15) is 11.6 Å². The molecule has 0 aliphatic heterocycles. The third kappa shape index (κ3) is 9.34. The lowest BCUT2D eigenvalue weighted by Gasteiger charge is -2.23. The number of hydrogen-bond acceptors (Lipinski definition) is 4. The molecular formula is C19H28ClNO4. The summed E-state index contributed by atoms with van der Waals surface area (Å²) in [6.07, 6.45) is 2.05.